The Morgan fingerprint density at radius 3 is 3.00 bits per heavy atom. The molecule has 80 valence electrons. The maximum Gasteiger partial charge on any atom is 0.229 e. The third-order valence-electron chi connectivity index (χ3n) is 1.88. The first-order chi connectivity index (χ1) is 7.15. The van der Waals surface area contributed by atoms with E-state index in [1.165, 1.54) is 0 Å². The van der Waals surface area contributed by atoms with Gasteiger partial charge in [-0.25, -0.2) is 0 Å². The Morgan fingerprint density at radius 2 is 2.40 bits per heavy atom. The highest BCUT2D eigenvalue weighted by Crippen LogP contribution is 2.12. The summed E-state index contributed by atoms with van der Waals surface area (Å²) < 4.78 is 6.64. The zero-order valence-electron chi connectivity index (χ0n) is 8.58. The van der Waals surface area contributed by atoms with E-state index in [2.05, 4.69) is 15.2 Å². The van der Waals surface area contributed by atoms with E-state index in [1.54, 1.807) is 23.9 Å². The summed E-state index contributed by atoms with van der Waals surface area (Å²) in [7, 11) is 1.82. The molecule has 1 unspecified atom stereocenters. The summed E-state index contributed by atoms with van der Waals surface area (Å²) in [5.41, 5.74) is 0.665. The molecule has 0 aliphatic rings. The molecule has 0 amide bonds. The van der Waals surface area contributed by atoms with Gasteiger partial charge in [0.25, 0.3) is 0 Å². The SMILES string of the molecule is CC(O)Cc1nc(-c2ccn(C)n2)no1. The van der Waals surface area contributed by atoms with Gasteiger partial charge in [-0.15, -0.1) is 0 Å². The van der Waals surface area contributed by atoms with Crippen molar-refractivity contribution in [1.82, 2.24) is 19.9 Å². The Morgan fingerprint density at radius 1 is 1.60 bits per heavy atom. The van der Waals surface area contributed by atoms with Gasteiger partial charge in [0.1, 0.15) is 5.69 Å². The van der Waals surface area contributed by atoms with E-state index in [9.17, 15) is 0 Å². The number of aryl methyl sites for hydroxylation is 1. The second-order valence-electron chi connectivity index (χ2n) is 3.44. The quantitative estimate of drug-likeness (QED) is 0.789. The summed E-state index contributed by atoms with van der Waals surface area (Å²) in [6.45, 7) is 1.67. The van der Waals surface area contributed by atoms with Gasteiger partial charge in [-0.05, 0) is 13.0 Å². The number of aliphatic hydroxyl groups is 1. The molecule has 0 aromatic carbocycles. The van der Waals surface area contributed by atoms with Crippen LogP contribution in [0.5, 0.6) is 0 Å². The second kappa shape index (κ2) is 3.82. The maximum absolute atomic E-state index is 9.14. The first kappa shape index (κ1) is 9.85. The van der Waals surface area contributed by atoms with Crippen LogP contribution in [0.1, 0.15) is 12.8 Å². The predicted octanol–water partition coefficient (Wildman–Crippen LogP) is 0.393. The fourth-order valence-electron chi connectivity index (χ4n) is 1.23. The first-order valence-electron chi connectivity index (χ1n) is 4.66. The number of nitrogens with zero attached hydrogens (tertiary/aromatic N) is 4. The van der Waals surface area contributed by atoms with E-state index in [1.807, 2.05) is 7.05 Å². The smallest absolute Gasteiger partial charge is 0.229 e. The van der Waals surface area contributed by atoms with Crippen LogP contribution in [0.15, 0.2) is 16.8 Å². The highest BCUT2D eigenvalue weighted by molar-refractivity contribution is 5.46. The third kappa shape index (κ3) is 2.21. The molecule has 2 aromatic heterocycles. The Hall–Kier alpha value is -1.69. The predicted molar refractivity (Wildman–Crippen MR) is 51.9 cm³/mol. The lowest BCUT2D eigenvalue weighted by molar-refractivity contribution is 0.181. The molecule has 2 rings (SSSR count). The van der Waals surface area contributed by atoms with Crippen LogP contribution < -0.4 is 0 Å². The standard InChI is InChI=1S/C9H12N4O2/c1-6(14)5-8-10-9(12-15-8)7-3-4-13(2)11-7/h3-4,6,14H,5H2,1-2H3. The molecule has 0 aliphatic heterocycles. The normalized spacial score (nSPS) is 13.0. The minimum Gasteiger partial charge on any atom is -0.393 e. The topological polar surface area (TPSA) is 77.0 Å². The Labute approximate surface area is 86.5 Å². The van der Waals surface area contributed by atoms with E-state index in [0.29, 0.717) is 23.8 Å². The maximum atomic E-state index is 9.14. The number of rotatable bonds is 3. The molecule has 0 aliphatic carbocycles. The van der Waals surface area contributed by atoms with Crippen LogP contribution in [0.2, 0.25) is 0 Å². The summed E-state index contributed by atoms with van der Waals surface area (Å²) in [6, 6.07) is 1.80. The van der Waals surface area contributed by atoms with Crippen LogP contribution >= 0.6 is 0 Å². The number of aliphatic hydroxyl groups excluding tert-OH is 1. The molecule has 0 fully saturated rings. The lowest BCUT2D eigenvalue weighted by atomic mass is 10.3. The molecule has 2 aromatic rings. The molecule has 0 radical (unpaired) electrons. The van der Waals surface area contributed by atoms with Crippen molar-refractivity contribution in [2.24, 2.45) is 7.05 Å². The van der Waals surface area contributed by atoms with E-state index >= 15 is 0 Å². The Kier molecular flexibility index (Phi) is 2.51. The van der Waals surface area contributed by atoms with E-state index in [-0.39, 0.29) is 0 Å². The van der Waals surface area contributed by atoms with Gasteiger partial charge >= 0.3 is 0 Å². The van der Waals surface area contributed by atoms with E-state index in [4.69, 9.17) is 9.63 Å². The van der Waals surface area contributed by atoms with Gasteiger partial charge in [0.05, 0.1) is 12.5 Å². The summed E-state index contributed by atoms with van der Waals surface area (Å²) in [4.78, 5) is 4.12. The summed E-state index contributed by atoms with van der Waals surface area (Å²) in [5.74, 6) is 0.872. The third-order valence-corrected chi connectivity index (χ3v) is 1.88. The molecule has 0 saturated heterocycles. The van der Waals surface area contributed by atoms with Crippen molar-refractivity contribution >= 4 is 0 Å². The van der Waals surface area contributed by atoms with Crippen molar-refractivity contribution in [2.75, 3.05) is 0 Å². The minimum absolute atomic E-state index is 0.361. The van der Waals surface area contributed by atoms with Crippen molar-refractivity contribution in [3.63, 3.8) is 0 Å². The molecule has 6 heteroatoms. The van der Waals surface area contributed by atoms with Gasteiger partial charge in [-0.2, -0.15) is 10.1 Å². The Bertz CT molecular complexity index is 446. The molecular formula is C9H12N4O2. The second-order valence-corrected chi connectivity index (χ2v) is 3.44. The first-order valence-corrected chi connectivity index (χ1v) is 4.66. The van der Waals surface area contributed by atoms with Crippen LogP contribution in [0.3, 0.4) is 0 Å². The zero-order chi connectivity index (χ0) is 10.8. The van der Waals surface area contributed by atoms with E-state index < -0.39 is 6.10 Å². The van der Waals surface area contributed by atoms with Crippen molar-refractivity contribution in [3.8, 4) is 11.5 Å². The average Bonchev–Trinajstić information content (AvgIpc) is 2.72. The van der Waals surface area contributed by atoms with Crippen LogP contribution in [0, 0.1) is 0 Å². The summed E-state index contributed by atoms with van der Waals surface area (Å²) in [6.07, 6.45) is 1.68. The minimum atomic E-state index is -0.484. The van der Waals surface area contributed by atoms with Crippen LogP contribution in [0.4, 0.5) is 0 Å². The van der Waals surface area contributed by atoms with Crippen LogP contribution in [-0.4, -0.2) is 31.1 Å². The average molecular weight is 208 g/mol. The molecule has 1 N–H and O–H groups in total. The molecule has 0 saturated carbocycles. The van der Waals surface area contributed by atoms with Crippen molar-refractivity contribution in [3.05, 3.63) is 18.2 Å². The van der Waals surface area contributed by atoms with Crippen molar-refractivity contribution in [1.29, 1.82) is 0 Å². The summed E-state index contributed by atoms with van der Waals surface area (Å²) in [5, 5.41) is 17.1. The molecule has 1 atom stereocenters. The molecule has 15 heavy (non-hydrogen) atoms. The fourth-order valence-corrected chi connectivity index (χ4v) is 1.23. The highest BCUT2D eigenvalue weighted by Gasteiger charge is 2.12. The van der Waals surface area contributed by atoms with Crippen LogP contribution in [0.25, 0.3) is 11.5 Å². The van der Waals surface area contributed by atoms with Gasteiger partial charge in [0, 0.05) is 13.2 Å². The largest absolute Gasteiger partial charge is 0.393 e. The monoisotopic (exact) mass is 208 g/mol. The van der Waals surface area contributed by atoms with Crippen molar-refractivity contribution in [2.45, 2.75) is 19.4 Å². The number of hydrogen-bond donors (Lipinski definition) is 1. The zero-order valence-corrected chi connectivity index (χ0v) is 8.58. The van der Waals surface area contributed by atoms with Crippen LogP contribution in [-0.2, 0) is 13.5 Å². The molecule has 0 spiro atoms. The summed E-state index contributed by atoms with van der Waals surface area (Å²) >= 11 is 0. The number of aromatic nitrogens is 4. The van der Waals surface area contributed by atoms with Gasteiger partial charge < -0.3 is 9.63 Å². The lowest BCUT2D eigenvalue weighted by Crippen LogP contribution is -2.04. The molecule has 2 heterocycles. The highest BCUT2D eigenvalue weighted by atomic mass is 16.5. The Balaban J connectivity index is 2.20. The van der Waals surface area contributed by atoms with E-state index in [0.717, 1.165) is 0 Å². The van der Waals surface area contributed by atoms with Gasteiger partial charge in [-0.3, -0.25) is 4.68 Å². The van der Waals surface area contributed by atoms with Crippen molar-refractivity contribution < 1.29 is 9.63 Å². The number of hydrogen-bond acceptors (Lipinski definition) is 5. The van der Waals surface area contributed by atoms with Gasteiger partial charge in [0.15, 0.2) is 0 Å². The molecular weight excluding hydrogens is 196 g/mol. The lowest BCUT2D eigenvalue weighted by Gasteiger charge is -1.95. The van der Waals surface area contributed by atoms with Gasteiger partial charge in [0.2, 0.25) is 11.7 Å². The van der Waals surface area contributed by atoms with Gasteiger partial charge in [-0.1, -0.05) is 5.16 Å². The molecule has 6 nitrogen and oxygen atoms in total. The molecule has 0 bridgehead atoms. The fraction of sp³-hybridized carbons (Fsp3) is 0.444.